The zero-order chi connectivity index (χ0) is 15.6. The molecule has 0 bridgehead atoms. The van der Waals surface area contributed by atoms with Crippen molar-refractivity contribution in [2.45, 2.75) is 44.6 Å². The highest BCUT2D eigenvalue weighted by atomic mass is 35.5. The van der Waals surface area contributed by atoms with E-state index in [1.807, 2.05) is 6.92 Å². The summed E-state index contributed by atoms with van der Waals surface area (Å²) in [6.45, 7) is 4.57. The number of sulfonamides is 1. The fourth-order valence-corrected chi connectivity index (χ4v) is 4.63. The number of aliphatic hydroxyl groups excluding tert-OH is 1. The summed E-state index contributed by atoms with van der Waals surface area (Å²) in [4.78, 5) is 0.216. The molecule has 0 radical (unpaired) electrons. The highest BCUT2D eigenvalue weighted by Gasteiger charge is 2.32. The second-order valence-corrected chi connectivity index (χ2v) is 8.00. The van der Waals surface area contributed by atoms with Crippen LogP contribution in [-0.4, -0.2) is 30.9 Å². The monoisotopic (exact) mass is 331 g/mol. The van der Waals surface area contributed by atoms with Crippen LogP contribution in [0.2, 0.25) is 5.02 Å². The minimum Gasteiger partial charge on any atom is -0.392 e. The SMILES string of the molecule is CCCN(CC1CC1)S(=O)(=O)c1cc(Cl)cc(CO)c1C. The first-order valence-electron chi connectivity index (χ1n) is 7.30. The maximum Gasteiger partial charge on any atom is 0.243 e. The van der Waals surface area contributed by atoms with Crippen LogP contribution in [0.15, 0.2) is 17.0 Å². The lowest BCUT2D eigenvalue weighted by atomic mass is 10.1. The Labute approximate surface area is 131 Å². The number of hydrogen-bond donors (Lipinski definition) is 1. The van der Waals surface area contributed by atoms with Gasteiger partial charge in [-0.25, -0.2) is 8.42 Å². The Kier molecular flexibility index (Phi) is 5.30. The van der Waals surface area contributed by atoms with Crippen LogP contribution in [0, 0.1) is 12.8 Å². The van der Waals surface area contributed by atoms with Crippen molar-refractivity contribution in [3.8, 4) is 0 Å². The zero-order valence-electron chi connectivity index (χ0n) is 12.5. The molecule has 1 aromatic carbocycles. The first-order chi connectivity index (χ1) is 9.90. The van der Waals surface area contributed by atoms with Crippen LogP contribution < -0.4 is 0 Å². The molecule has 21 heavy (non-hydrogen) atoms. The molecule has 0 atom stereocenters. The van der Waals surface area contributed by atoms with E-state index >= 15 is 0 Å². The van der Waals surface area contributed by atoms with E-state index in [-0.39, 0.29) is 11.5 Å². The van der Waals surface area contributed by atoms with Crippen LogP contribution in [0.4, 0.5) is 0 Å². The fraction of sp³-hybridized carbons (Fsp3) is 0.600. The molecule has 1 aliphatic carbocycles. The third-order valence-electron chi connectivity index (χ3n) is 3.85. The summed E-state index contributed by atoms with van der Waals surface area (Å²) in [5, 5.41) is 9.70. The Bertz CT molecular complexity index is 612. The molecule has 0 saturated heterocycles. The molecule has 0 aliphatic heterocycles. The van der Waals surface area contributed by atoms with E-state index in [0.717, 1.165) is 19.3 Å². The van der Waals surface area contributed by atoms with E-state index in [0.29, 0.717) is 35.2 Å². The Morgan fingerprint density at radius 2 is 2.05 bits per heavy atom. The number of aliphatic hydroxyl groups is 1. The summed E-state index contributed by atoms with van der Waals surface area (Å²) < 4.78 is 27.4. The third-order valence-corrected chi connectivity index (χ3v) is 6.06. The lowest BCUT2D eigenvalue weighted by molar-refractivity contribution is 0.280. The number of rotatable bonds is 7. The number of nitrogens with zero attached hydrogens (tertiary/aromatic N) is 1. The lowest BCUT2D eigenvalue weighted by Crippen LogP contribution is -2.34. The van der Waals surface area contributed by atoms with Crippen LogP contribution in [-0.2, 0) is 16.6 Å². The summed E-state index contributed by atoms with van der Waals surface area (Å²) in [6, 6.07) is 3.10. The molecule has 1 fully saturated rings. The van der Waals surface area contributed by atoms with Crippen molar-refractivity contribution in [2.75, 3.05) is 13.1 Å². The van der Waals surface area contributed by atoms with Gasteiger partial charge in [0.2, 0.25) is 10.0 Å². The highest BCUT2D eigenvalue weighted by Crippen LogP contribution is 2.33. The largest absolute Gasteiger partial charge is 0.392 e. The molecule has 4 nitrogen and oxygen atoms in total. The summed E-state index contributed by atoms with van der Waals surface area (Å²) in [6.07, 6.45) is 2.98. The van der Waals surface area contributed by atoms with E-state index < -0.39 is 10.0 Å². The standard InChI is InChI=1S/C15H22ClNO3S/c1-3-6-17(9-12-4-5-12)21(19,20)15-8-14(16)7-13(10-18)11(15)2/h7-8,12,18H,3-6,9-10H2,1-2H3. The molecular formula is C15H22ClNO3S. The first-order valence-corrected chi connectivity index (χ1v) is 9.12. The molecule has 1 N–H and O–H groups in total. The van der Waals surface area contributed by atoms with Crippen molar-refractivity contribution < 1.29 is 13.5 Å². The fourth-order valence-electron chi connectivity index (χ4n) is 2.43. The first kappa shape index (κ1) is 16.7. The maximum absolute atomic E-state index is 12.9. The van der Waals surface area contributed by atoms with E-state index in [1.165, 1.54) is 6.07 Å². The summed E-state index contributed by atoms with van der Waals surface area (Å²) >= 11 is 6.01. The zero-order valence-corrected chi connectivity index (χ0v) is 14.0. The number of benzene rings is 1. The second-order valence-electron chi connectivity index (χ2n) is 5.65. The normalized spacial score (nSPS) is 15.7. The Morgan fingerprint density at radius 1 is 1.38 bits per heavy atom. The van der Waals surface area contributed by atoms with Gasteiger partial charge in [-0.15, -0.1) is 0 Å². The molecule has 0 heterocycles. The lowest BCUT2D eigenvalue weighted by Gasteiger charge is -2.23. The average Bonchev–Trinajstić information content (AvgIpc) is 3.24. The molecule has 2 rings (SSSR count). The maximum atomic E-state index is 12.9. The van der Waals surface area contributed by atoms with Gasteiger partial charge in [0.25, 0.3) is 0 Å². The van der Waals surface area contributed by atoms with E-state index in [1.54, 1.807) is 17.3 Å². The predicted octanol–water partition coefficient (Wildman–Crippen LogP) is 2.95. The van der Waals surface area contributed by atoms with Crippen LogP contribution in [0.5, 0.6) is 0 Å². The molecule has 118 valence electrons. The van der Waals surface area contributed by atoms with Crippen LogP contribution in [0.25, 0.3) is 0 Å². The molecule has 1 aliphatic rings. The van der Waals surface area contributed by atoms with Gasteiger partial charge in [-0.05, 0) is 55.4 Å². The summed E-state index contributed by atoms with van der Waals surface area (Å²) in [5.74, 6) is 0.489. The minimum absolute atomic E-state index is 0.216. The highest BCUT2D eigenvalue weighted by molar-refractivity contribution is 7.89. The van der Waals surface area contributed by atoms with Gasteiger partial charge in [-0.2, -0.15) is 4.31 Å². The number of halogens is 1. The smallest absolute Gasteiger partial charge is 0.243 e. The Morgan fingerprint density at radius 3 is 2.57 bits per heavy atom. The van der Waals surface area contributed by atoms with Gasteiger partial charge in [-0.1, -0.05) is 18.5 Å². The van der Waals surface area contributed by atoms with Gasteiger partial charge in [0.1, 0.15) is 0 Å². The molecule has 0 unspecified atom stereocenters. The molecule has 6 heteroatoms. The quantitative estimate of drug-likeness (QED) is 0.835. The third kappa shape index (κ3) is 3.77. The van der Waals surface area contributed by atoms with Crippen molar-refractivity contribution in [1.82, 2.24) is 4.31 Å². The van der Waals surface area contributed by atoms with Crippen molar-refractivity contribution in [1.29, 1.82) is 0 Å². The second kappa shape index (κ2) is 6.65. The topological polar surface area (TPSA) is 57.6 Å². The summed E-state index contributed by atoms with van der Waals surface area (Å²) in [5.41, 5.74) is 1.14. The van der Waals surface area contributed by atoms with Crippen LogP contribution >= 0.6 is 11.6 Å². The average molecular weight is 332 g/mol. The van der Waals surface area contributed by atoms with Crippen molar-refractivity contribution >= 4 is 21.6 Å². The molecule has 1 saturated carbocycles. The molecule has 0 amide bonds. The van der Waals surface area contributed by atoms with Crippen molar-refractivity contribution in [2.24, 2.45) is 5.92 Å². The summed E-state index contributed by atoms with van der Waals surface area (Å²) in [7, 11) is -3.57. The number of hydrogen-bond acceptors (Lipinski definition) is 3. The van der Waals surface area contributed by atoms with Gasteiger partial charge in [0.05, 0.1) is 11.5 Å². The van der Waals surface area contributed by atoms with Gasteiger partial charge in [0.15, 0.2) is 0 Å². The molecular weight excluding hydrogens is 310 g/mol. The van der Waals surface area contributed by atoms with E-state index in [9.17, 15) is 13.5 Å². The Hall–Kier alpha value is -0.620. The van der Waals surface area contributed by atoms with E-state index in [2.05, 4.69) is 0 Å². The molecule has 0 aromatic heterocycles. The van der Waals surface area contributed by atoms with Gasteiger partial charge < -0.3 is 5.11 Å². The van der Waals surface area contributed by atoms with Gasteiger partial charge in [-0.3, -0.25) is 0 Å². The molecule has 0 spiro atoms. The van der Waals surface area contributed by atoms with Crippen molar-refractivity contribution in [3.63, 3.8) is 0 Å². The predicted molar refractivity (Wildman–Crippen MR) is 83.9 cm³/mol. The van der Waals surface area contributed by atoms with Crippen molar-refractivity contribution in [3.05, 3.63) is 28.3 Å². The Balaban J connectivity index is 2.43. The minimum atomic E-state index is -3.57. The van der Waals surface area contributed by atoms with E-state index in [4.69, 9.17) is 11.6 Å². The molecule has 1 aromatic rings. The van der Waals surface area contributed by atoms with Crippen LogP contribution in [0.3, 0.4) is 0 Å². The van der Waals surface area contributed by atoms with Gasteiger partial charge in [0, 0.05) is 18.1 Å². The van der Waals surface area contributed by atoms with Crippen LogP contribution in [0.1, 0.15) is 37.3 Å². The van der Waals surface area contributed by atoms with Gasteiger partial charge >= 0.3 is 0 Å².